The first-order valence-corrected chi connectivity index (χ1v) is 12.9. The highest BCUT2D eigenvalue weighted by Gasteiger charge is 2.35. The molecule has 1 saturated heterocycles. The van der Waals surface area contributed by atoms with E-state index in [1.807, 2.05) is 0 Å². The topological polar surface area (TPSA) is 263 Å². The summed E-state index contributed by atoms with van der Waals surface area (Å²) in [5.74, 6) is -6.16. The second-order valence-electron chi connectivity index (χ2n) is 8.89. The summed E-state index contributed by atoms with van der Waals surface area (Å²) in [7, 11) is 0. The largest absolute Gasteiger partial charge is 0.508 e. The number of nitrogens with one attached hydrogen (secondary N) is 4. The van der Waals surface area contributed by atoms with Gasteiger partial charge in [0.05, 0.1) is 25.1 Å². The molecule has 6 atom stereocenters. The molecule has 1 aromatic rings. The number of aliphatic hydroxyl groups is 1. The van der Waals surface area contributed by atoms with E-state index < -0.39 is 84.0 Å². The molecule has 5 amide bonds. The maximum atomic E-state index is 13.2. The van der Waals surface area contributed by atoms with Gasteiger partial charge in [0.15, 0.2) is 0 Å². The Bertz CT molecular complexity index is 1090. The van der Waals surface area contributed by atoms with Crippen molar-refractivity contribution >= 4 is 47.3 Å². The maximum absolute atomic E-state index is 13.2. The summed E-state index contributed by atoms with van der Waals surface area (Å²) in [4.78, 5) is 74.9. The van der Waals surface area contributed by atoms with Crippen LogP contribution in [0.15, 0.2) is 24.3 Å². The molecule has 3 unspecified atom stereocenters. The lowest BCUT2D eigenvalue weighted by atomic mass is 10.0. The number of benzene rings is 1. The van der Waals surface area contributed by atoms with Gasteiger partial charge in [-0.15, -0.1) is 11.8 Å². The van der Waals surface area contributed by atoms with E-state index in [0.29, 0.717) is 5.56 Å². The Morgan fingerprint density at radius 1 is 0.949 bits per heavy atom. The standard InChI is InChI=1S/C23H32N6O9S/c1-10-19(33)28-15(7-17(25)32)21(35)27-14(6-11-2-4-12(31)5-3-11)18(23(37)38)39-9-13(24)20(34)29-16(8-30)22(36)26-10/h2-5,10,13-16,18,30-31H,6-9,24H2,1H3,(H2,25,32)(H,26,36)(H,27,35)(H,28,33)(H,29,34)(H,37,38)/t10-,13-,14?,15-,16?,18?/m0/s1. The van der Waals surface area contributed by atoms with Crippen molar-refractivity contribution in [3.8, 4) is 5.75 Å². The minimum absolute atomic E-state index is 0.0337. The van der Waals surface area contributed by atoms with Crippen LogP contribution in [0.25, 0.3) is 0 Å². The molecule has 1 heterocycles. The Kier molecular flexibility index (Phi) is 11.5. The van der Waals surface area contributed by atoms with Crippen LogP contribution in [0.4, 0.5) is 0 Å². The summed E-state index contributed by atoms with van der Waals surface area (Å²) in [5, 5.41) is 37.1. The number of carboxylic acids is 1. The summed E-state index contributed by atoms with van der Waals surface area (Å²) in [5.41, 5.74) is 11.7. The van der Waals surface area contributed by atoms with E-state index in [1.54, 1.807) is 0 Å². The molecule has 2 rings (SSSR count). The number of phenolic OH excluding ortho intramolecular Hbond substituents is 1. The highest BCUT2D eigenvalue weighted by molar-refractivity contribution is 8.00. The molecule has 39 heavy (non-hydrogen) atoms. The first kappa shape index (κ1) is 31.3. The fourth-order valence-electron chi connectivity index (χ4n) is 3.61. The lowest BCUT2D eigenvalue weighted by Crippen LogP contribution is -2.60. The van der Waals surface area contributed by atoms with Gasteiger partial charge in [-0.05, 0) is 31.0 Å². The van der Waals surface area contributed by atoms with Crippen LogP contribution < -0.4 is 32.7 Å². The van der Waals surface area contributed by atoms with Gasteiger partial charge in [0, 0.05) is 5.75 Å². The van der Waals surface area contributed by atoms with Crippen LogP contribution in [0.1, 0.15) is 18.9 Å². The Hall–Kier alpha value is -3.89. The van der Waals surface area contributed by atoms with Crippen LogP contribution in [0.5, 0.6) is 5.75 Å². The van der Waals surface area contributed by atoms with Crippen LogP contribution in [-0.4, -0.2) is 98.6 Å². The Balaban J connectivity index is 2.48. The number of amides is 5. The predicted octanol–water partition coefficient (Wildman–Crippen LogP) is -3.71. The highest BCUT2D eigenvalue weighted by Crippen LogP contribution is 2.21. The minimum Gasteiger partial charge on any atom is -0.508 e. The van der Waals surface area contributed by atoms with Crippen LogP contribution in [0.2, 0.25) is 0 Å². The number of rotatable bonds is 6. The number of aliphatic carboxylic acids is 1. The molecule has 0 aliphatic carbocycles. The number of hydrogen-bond acceptors (Lipinski definition) is 10. The molecule has 214 valence electrons. The van der Waals surface area contributed by atoms with Gasteiger partial charge in [-0.25, -0.2) is 0 Å². The van der Waals surface area contributed by atoms with Crippen LogP contribution in [-0.2, 0) is 35.2 Å². The Morgan fingerprint density at radius 2 is 1.54 bits per heavy atom. The normalized spacial score (nSPS) is 27.5. The zero-order valence-corrected chi connectivity index (χ0v) is 21.8. The van der Waals surface area contributed by atoms with Crippen LogP contribution >= 0.6 is 11.8 Å². The summed E-state index contributed by atoms with van der Waals surface area (Å²) in [6.45, 7) is 0.438. The first-order valence-electron chi connectivity index (χ1n) is 11.8. The zero-order chi connectivity index (χ0) is 29.3. The fraction of sp³-hybridized carbons (Fsp3) is 0.478. The third-order valence-electron chi connectivity index (χ3n) is 5.73. The molecule has 0 bridgehead atoms. The molecule has 16 heteroatoms. The second-order valence-corrected chi connectivity index (χ2v) is 10.1. The van der Waals surface area contributed by atoms with Gasteiger partial charge in [0.1, 0.15) is 29.1 Å². The highest BCUT2D eigenvalue weighted by atomic mass is 32.2. The molecule has 1 aliphatic heterocycles. The molecule has 15 nitrogen and oxygen atoms in total. The van der Waals surface area contributed by atoms with Crippen LogP contribution in [0, 0.1) is 0 Å². The van der Waals surface area contributed by atoms with Crippen molar-refractivity contribution in [2.75, 3.05) is 12.4 Å². The molecule has 0 aromatic heterocycles. The molecule has 11 N–H and O–H groups in total. The summed E-state index contributed by atoms with van der Waals surface area (Å²) in [6, 6.07) is -0.918. The number of carbonyl (C=O) groups excluding carboxylic acids is 5. The maximum Gasteiger partial charge on any atom is 0.318 e. The molecule has 1 aliphatic rings. The SMILES string of the molecule is C[C@@H]1NC(=O)C(CO)NC(=O)[C@@H](N)CSC(C(=O)O)C(Cc2ccc(O)cc2)NC(=O)[C@H](CC(N)=O)NC1=O. The fourth-order valence-corrected chi connectivity index (χ4v) is 4.71. The van der Waals surface area contributed by atoms with Crippen molar-refractivity contribution in [1.82, 2.24) is 21.3 Å². The zero-order valence-electron chi connectivity index (χ0n) is 21.0. The van der Waals surface area contributed by atoms with E-state index in [-0.39, 0.29) is 17.9 Å². The van der Waals surface area contributed by atoms with Crippen molar-refractivity contribution < 1.29 is 44.1 Å². The van der Waals surface area contributed by atoms with Gasteiger partial charge in [0.25, 0.3) is 0 Å². The number of hydrogen-bond donors (Lipinski definition) is 9. The van der Waals surface area contributed by atoms with Gasteiger partial charge >= 0.3 is 5.97 Å². The van der Waals surface area contributed by atoms with Gasteiger partial charge < -0.3 is 48.1 Å². The molecular weight excluding hydrogens is 536 g/mol. The van der Waals surface area contributed by atoms with Crippen molar-refractivity contribution in [3.63, 3.8) is 0 Å². The van der Waals surface area contributed by atoms with Crippen molar-refractivity contribution in [2.24, 2.45) is 11.5 Å². The summed E-state index contributed by atoms with van der Waals surface area (Å²) >= 11 is 0.744. The van der Waals surface area contributed by atoms with Crippen molar-refractivity contribution in [3.05, 3.63) is 29.8 Å². The van der Waals surface area contributed by atoms with E-state index in [1.165, 1.54) is 31.2 Å². The molecule has 0 saturated carbocycles. The van der Waals surface area contributed by atoms with Crippen molar-refractivity contribution in [2.45, 2.75) is 55.2 Å². The lowest BCUT2D eigenvalue weighted by molar-refractivity contribution is -0.138. The third kappa shape index (κ3) is 9.42. The van der Waals surface area contributed by atoms with Crippen LogP contribution in [0.3, 0.4) is 0 Å². The van der Waals surface area contributed by atoms with E-state index in [9.17, 15) is 44.1 Å². The summed E-state index contributed by atoms with van der Waals surface area (Å²) in [6.07, 6.45) is -0.678. The smallest absolute Gasteiger partial charge is 0.318 e. The number of nitrogens with two attached hydrogens (primary N) is 2. The average molecular weight is 569 g/mol. The second kappa shape index (κ2) is 14.3. The third-order valence-corrected chi connectivity index (χ3v) is 7.17. The van der Waals surface area contributed by atoms with Gasteiger partial charge in [0.2, 0.25) is 29.5 Å². The molecule has 1 fully saturated rings. The van der Waals surface area contributed by atoms with Gasteiger partial charge in [-0.1, -0.05) is 12.1 Å². The van der Waals surface area contributed by atoms with E-state index >= 15 is 0 Å². The molecular formula is C23H32N6O9S. The van der Waals surface area contributed by atoms with E-state index in [0.717, 1.165) is 11.8 Å². The van der Waals surface area contributed by atoms with Gasteiger partial charge in [-0.2, -0.15) is 0 Å². The number of aromatic hydroxyl groups is 1. The number of aliphatic hydroxyl groups excluding tert-OH is 1. The number of thioether (sulfide) groups is 1. The molecule has 1 aromatic carbocycles. The number of primary amides is 1. The Labute approximate surface area is 227 Å². The molecule has 0 radical (unpaired) electrons. The lowest BCUT2D eigenvalue weighted by Gasteiger charge is -2.29. The van der Waals surface area contributed by atoms with Crippen molar-refractivity contribution in [1.29, 1.82) is 0 Å². The number of carboxylic acid groups (broad SMARTS) is 1. The Morgan fingerprint density at radius 3 is 2.10 bits per heavy atom. The average Bonchev–Trinajstić information content (AvgIpc) is 2.86. The van der Waals surface area contributed by atoms with Gasteiger partial charge in [-0.3, -0.25) is 28.8 Å². The quantitative estimate of drug-likeness (QED) is 0.161. The van der Waals surface area contributed by atoms with E-state index in [4.69, 9.17) is 11.5 Å². The molecule has 0 spiro atoms. The van der Waals surface area contributed by atoms with E-state index in [2.05, 4.69) is 21.3 Å². The minimum atomic E-state index is -1.51. The monoisotopic (exact) mass is 568 g/mol. The predicted molar refractivity (Wildman–Crippen MR) is 138 cm³/mol. The number of carbonyl (C=O) groups is 6. The summed E-state index contributed by atoms with van der Waals surface area (Å²) < 4.78 is 0. The number of phenols is 1. The first-order chi connectivity index (χ1) is 18.3.